The first-order chi connectivity index (χ1) is 7.79. The molecule has 1 atom stereocenters. The van der Waals surface area contributed by atoms with Crippen LogP contribution in [0.3, 0.4) is 0 Å². The molecule has 0 radical (unpaired) electrons. The monoisotopic (exact) mass is 333 g/mol. The lowest BCUT2D eigenvalue weighted by molar-refractivity contribution is 0.0292. The van der Waals surface area contributed by atoms with Gasteiger partial charge in [-0.15, -0.1) is 0 Å². The third-order valence-corrected chi connectivity index (χ3v) is 3.53. The summed E-state index contributed by atoms with van der Waals surface area (Å²) in [4.78, 5) is 0. The van der Waals surface area contributed by atoms with Gasteiger partial charge in [0.25, 0.3) is 0 Å². The Bertz CT molecular complexity index is 351. The van der Waals surface area contributed by atoms with E-state index in [0.29, 0.717) is 6.10 Å². The Morgan fingerprint density at radius 1 is 1.56 bits per heavy atom. The zero-order valence-electron chi connectivity index (χ0n) is 9.33. The molecule has 3 nitrogen and oxygen atoms in total. The fraction of sp³-hybridized carbons (Fsp3) is 0.500. The molecular formula is C12H16INO2. The molecule has 4 heteroatoms. The van der Waals surface area contributed by atoms with E-state index in [0.717, 1.165) is 35.4 Å². The maximum Gasteiger partial charge on any atom is 0.132 e. The second kappa shape index (κ2) is 5.84. The van der Waals surface area contributed by atoms with Gasteiger partial charge >= 0.3 is 0 Å². The molecule has 0 aliphatic carbocycles. The predicted molar refractivity (Wildman–Crippen MR) is 72.0 cm³/mol. The van der Waals surface area contributed by atoms with Crippen molar-refractivity contribution >= 4 is 22.6 Å². The van der Waals surface area contributed by atoms with Gasteiger partial charge in [-0.05, 0) is 46.7 Å². The molecule has 0 saturated carbocycles. The molecule has 1 saturated heterocycles. The molecule has 0 spiro atoms. The fourth-order valence-electron chi connectivity index (χ4n) is 1.85. The predicted octanol–water partition coefficient (Wildman–Crippen LogP) is 1.83. The Morgan fingerprint density at radius 2 is 2.44 bits per heavy atom. The van der Waals surface area contributed by atoms with E-state index in [1.165, 1.54) is 5.56 Å². The van der Waals surface area contributed by atoms with Crippen LogP contribution in [-0.2, 0) is 11.2 Å². The summed E-state index contributed by atoms with van der Waals surface area (Å²) < 4.78 is 12.1. The van der Waals surface area contributed by atoms with Crippen LogP contribution in [0, 0.1) is 3.57 Å². The molecular weight excluding hydrogens is 317 g/mol. The number of ether oxygens (including phenoxy) is 2. The lowest BCUT2D eigenvalue weighted by atomic mass is 10.1. The van der Waals surface area contributed by atoms with Crippen LogP contribution in [0.1, 0.15) is 5.56 Å². The van der Waals surface area contributed by atoms with Crippen molar-refractivity contribution in [2.45, 2.75) is 12.5 Å². The van der Waals surface area contributed by atoms with Gasteiger partial charge in [-0.3, -0.25) is 0 Å². The lowest BCUT2D eigenvalue weighted by Crippen LogP contribution is -2.39. The Balaban J connectivity index is 2.01. The highest BCUT2D eigenvalue weighted by Crippen LogP contribution is 2.22. The van der Waals surface area contributed by atoms with Crippen LogP contribution in [0.15, 0.2) is 18.2 Å². The number of hydrogen-bond donors (Lipinski definition) is 1. The molecule has 0 bridgehead atoms. The van der Waals surface area contributed by atoms with E-state index in [2.05, 4.69) is 40.0 Å². The standard InChI is InChI=1S/C12H16INO2/c1-15-12-3-2-9(7-11(12)13)6-10-8-14-4-5-16-10/h2-3,7,10,14H,4-6,8H2,1H3. The van der Waals surface area contributed by atoms with Gasteiger partial charge in [0.15, 0.2) is 0 Å². The summed E-state index contributed by atoms with van der Waals surface area (Å²) in [6.07, 6.45) is 1.27. The summed E-state index contributed by atoms with van der Waals surface area (Å²) in [5, 5.41) is 3.34. The van der Waals surface area contributed by atoms with E-state index in [-0.39, 0.29) is 0 Å². The van der Waals surface area contributed by atoms with Crippen molar-refractivity contribution in [3.05, 3.63) is 27.3 Å². The van der Waals surface area contributed by atoms with Gasteiger partial charge in [-0.25, -0.2) is 0 Å². The summed E-state index contributed by atoms with van der Waals surface area (Å²) in [5.74, 6) is 0.937. The second-order valence-electron chi connectivity index (χ2n) is 3.87. The minimum atomic E-state index is 0.304. The van der Waals surface area contributed by atoms with E-state index in [1.54, 1.807) is 7.11 Å². The molecule has 1 aliphatic rings. The largest absolute Gasteiger partial charge is 0.496 e. The van der Waals surface area contributed by atoms with Gasteiger partial charge in [0, 0.05) is 13.1 Å². The van der Waals surface area contributed by atoms with Crippen molar-refractivity contribution < 1.29 is 9.47 Å². The zero-order chi connectivity index (χ0) is 11.4. The number of rotatable bonds is 3. The van der Waals surface area contributed by atoms with Crippen molar-refractivity contribution in [1.29, 1.82) is 0 Å². The van der Waals surface area contributed by atoms with Gasteiger partial charge in [0.1, 0.15) is 5.75 Å². The Labute approximate surface area is 110 Å². The van der Waals surface area contributed by atoms with Crippen molar-refractivity contribution in [2.24, 2.45) is 0 Å². The quantitative estimate of drug-likeness (QED) is 0.857. The molecule has 1 heterocycles. The maximum atomic E-state index is 5.68. The van der Waals surface area contributed by atoms with E-state index >= 15 is 0 Å². The van der Waals surface area contributed by atoms with Crippen LogP contribution in [0.2, 0.25) is 0 Å². The number of morpholine rings is 1. The van der Waals surface area contributed by atoms with E-state index in [1.807, 2.05) is 6.07 Å². The second-order valence-corrected chi connectivity index (χ2v) is 5.03. The number of methoxy groups -OCH3 is 1. The van der Waals surface area contributed by atoms with Crippen LogP contribution in [0.4, 0.5) is 0 Å². The van der Waals surface area contributed by atoms with E-state index in [4.69, 9.17) is 9.47 Å². The molecule has 0 aromatic heterocycles. The van der Waals surface area contributed by atoms with Crippen LogP contribution in [-0.4, -0.2) is 32.9 Å². The van der Waals surface area contributed by atoms with Crippen LogP contribution in [0.5, 0.6) is 5.75 Å². The minimum Gasteiger partial charge on any atom is -0.496 e. The Hall–Kier alpha value is -0.330. The van der Waals surface area contributed by atoms with Crippen LogP contribution < -0.4 is 10.1 Å². The topological polar surface area (TPSA) is 30.5 Å². The fourth-order valence-corrected chi connectivity index (χ4v) is 2.65. The number of hydrogen-bond acceptors (Lipinski definition) is 3. The molecule has 2 rings (SSSR count). The molecule has 1 aromatic carbocycles. The summed E-state index contributed by atoms with van der Waals surface area (Å²) in [7, 11) is 1.70. The average Bonchev–Trinajstić information content (AvgIpc) is 2.31. The number of nitrogens with one attached hydrogen (secondary N) is 1. The molecule has 1 fully saturated rings. The number of benzene rings is 1. The summed E-state index contributed by atoms with van der Waals surface area (Å²) in [6.45, 7) is 2.73. The summed E-state index contributed by atoms with van der Waals surface area (Å²) >= 11 is 2.30. The van der Waals surface area contributed by atoms with Crippen LogP contribution in [0.25, 0.3) is 0 Å². The summed E-state index contributed by atoms with van der Waals surface area (Å²) in [5.41, 5.74) is 1.30. The molecule has 1 N–H and O–H groups in total. The zero-order valence-corrected chi connectivity index (χ0v) is 11.5. The van der Waals surface area contributed by atoms with Crippen molar-refractivity contribution in [1.82, 2.24) is 5.32 Å². The Kier molecular flexibility index (Phi) is 4.43. The summed E-state index contributed by atoms with van der Waals surface area (Å²) in [6, 6.07) is 6.30. The van der Waals surface area contributed by atoms with E-state index in [9.17, 15) is 0 Å². The molecule has 88 valence electrons. The first-order valence-corrected chi connectivity index (χ1v) is 6.52. The molecule has 1 aromatic rings. The van der Waals surface area contributed by atoms with Gasteiger partial charge in [-0.1, -0.05) is 6.07 Å². The maximum absolute atomic E-state index is 5.68. The normalized spacial score (nSPS) is 20.8. The molecule has 16 heavy (non-hydrogen) atoms. The average molecular weight is 333 g/mol. The number of halogens is 1. The molecule has 0 amide bonds. The third-order valence-electron chi connectivity index (χ3n) is 2.68. The first-order valence-electron chi connectivity index (χ1n) is 5.44. The molecule has 1 unspecified atom stereocenters. The SMILES string of the molecule is COc1ccc(CC2CNCCO2)cc1I. The smallest absolute Gasteiger partial charge is 0.132 e. The van der Waals surface area contributed by atoms with Crippen molar-refractivity contribution in [3.8, 4) is 5.75 Å². The first kappa shape index (κ1) is 12.1. The van der Waals surface area contributed by atoms with Crippen LogP contribution >= 0.6 is 22.6 Å². The highest BCUT2D eigenvalue weighted by molar-refractivity contribution is 14.1. The van der Waals surface area contributed by atoms with Crippen molar-refractivity contribution in [3.63, 3.8) is 0 Å². The van der Waals surface area contributed by atoms with Gasteiger partial charge in [0.05, 0.1) is 23.4 Å². The van der Waals surface area contributed by atoms with Crippen molar-refractivity contribution in [2.75, 3.05) is 26.8 Å². The lowest BCUT2D eigenvalue weighted by Gasteiger charge is -2.23. The highest BCUT2D eigenvalue weighted by atomic mass is 127. The van der Waals surface area contributed by atoms with Gasteiger partial charge < -0.3 is 14.8 Å². The van der Waals surface area contributed by atoms with Gasteiger partial charge in [-0.2, -0.15) is 0 Å². The molecule has 1 aliphatic heterocycles. The van der Waals surface area contributed by atoms with Gasteiger partial charge in [0.2, 0.25) is 0 Å². The highest BCUT2D eigenvalue weighted by Gasteiger charge is 2.14. The Morgan fingerprint density at radius 3 is 3.06 bits per heavy atom. The minimum absolute atomic E-state index is 0.304. The third kappa shape index (κ3) is 3.09. The van der Waals surface area contributed by atoms with E-state index < -0.39 is 0 Å².